The Morgan fingerprint density at radius 3 is 2.62 bits per heavy atom. The summed E-state index contributed by atoms with van der Waals surface area (Å²) >= 11 is 0. The topological polar surface area (TPSA) is 29.5 Å². The van der Waals surface area contributed by atoms with Gasteiger partial charge >= 0.3 is 0 Å². The van der Waals surface area contributed by atoms with Crippen molar-refractivity contribution in [3.05, 3.63) is 35.4 Å². The molecule has 0 aromatic heterocycles. The zero-order valence-corrected chi connectivity index (χ0v) is 15.8. The first-order chi connectivity index (χ1) is 11.5. The molecule has 2 unspecified atom stereocenters. The zero-order valence-electron chi connectivity index (χ0n) is 15.8. The van der Waals surface area contributed by atoms with E-state index in [1.807, 2.05) is 6.92 Å². The Morgan fingerprint density at radius 1 is 1.29 bits per heavy atom. The number of aryl methyl sites for hydroxylation is 1. The van der Waals surface area contributed by atoms with Crippen molar-refractivity contribution in [2.45, 2.75) is 52.9 Å². The average Bonchev–Trinajstić information content (AvgIpc) is 2.58. The van der Waals surface area contributed by atoms with Crippen molar-refractivity contribution in [2.75, 3.05) is 26.3 Å². The highest BCUT2D eigenvalue weighted by molar-refractivity contribution is 5.77. The Labute approximate surface area is 147 Å². The maximum Gasteiger partial charge on any atom is 0.223 e. The molecule has 0 radical (unpaired) electrons. The molecule has 1 amide bonds. The van der Waals surface area contributed by atoms with Crippen molar-refractivity contribution in [2.24, 2.45) is 11.8 Å². The molecule has 0 spiro atoms. The highest BCUT2D eigenvalue weighted by Crippen LogP contribution is 2.30. The summed E-state index contributed by atoms with van der Waals surface area (Å²) in [6, 6.07) is 8.66. The second-order valence-electron chi connectivity index (χ2n) is 7.47. The van der Waals surface area contributed by atoms with Gasteiger partial charge in [0.25, 0.3) is 0 Å². The van der Waals surface area contributed by atoms with Crippen molar-refractivity contribution in [3.63, 3.8) is 0 Å². The molecule has 1 fully saturated rings. The summed E-state index contributed by atoms with van der Waals surface area (Å²) in [5, 5.41) is 0. The second kappa shape index (κ2) is 9.22. The normalized spacial score (nSPS) is 19.5. The summed E-state index contributed by atoms with van der Waals surface area (Å²) in [5.74, 6) is 1.56. The summed E-state index contributed by atoms with van der Waals surface area (Å²) in [7, 11) is 0. The van der Waals surface area contributed by atoms with E-state index in [1.54, 1.807) is 0 Å². The molecule has 134 valence electrons. The predicted octanol–water partition coefficient (Wildman–Crippen LogP) is 4.40. The molecule has 3 nitrogen and oxygen atoms in total. The number of nitrogens with zero attached hydrogens (tertiary/aromatic N) is 1. The maximum atomic E-state index is 12.9. The summed E-state index contributed by atoms with van der Waals surface area (Å²) in [6.07, 6.45) is 2.89. The molecule has 1 aromatic carbocycles. The lowest BCUT2D eigenvalue weighted by atomic mass is 9.84. The van der Waals surface area contributed by atoms with Crippen LogP contribution in [0.2, 0.25) is 0 Å². The van der Waals surface area contributed by atoms with Gasteiger partial charge < -0.3 is 9.64 Å². The van der Waals surface area contributed by atoms with Crippen LogP contribution in [0.25, 0.3) is 0 Å². The van der Waals surface area contributed by atoms with E-state index in [0.29, 0.717) is 30.1 Å². The largest absolute Gasteiger partial charge is 0.381 e. The van der Waals surface area contributed by atoms with Gasteiger partial charge in [0.1, 0.15) is 0 Å². The fourth-order valence-corrected chi connectivity index (χ4v) is 3.58. The molecular weight excluding hydrogens is 298 g/mol. The van der Waals surface area contributed by atoms with Crippen LogP contribution >= 0.6 is 0 Å². The monoisotopic (exact) mass is 331 g/mol. The lowest BCUT2D eigenvalue weighted by Crippen LogP contribution is -2.42. The predicted molar refractivity (Wildman–Crippen MR) is 99.2 cm³/mol. The Hall–Kier alpha value is -1.35. The van der Waals surface area contributed by atoms with E-state index in [1.165, 1.54) is 17.5 Å². The van der Waals surface area contributed by atoms with Crippen molar-refractivity contribution in [1.82, 2.24) is 4.90 Å². The van der Waals surface area contributed by atoms with Gasteiger partial charge in [-0.3, -0.25) is 4.79 Å². The molecule has 1 aliphatic heterocycles. The number of ether oxygens (including phenoxy) is 1. The van der Waals surface area contributed by atoms with Gasteiger partial charge in [-0.1, -0.05) is 43.7 Å². The molecule has 1 heterocycles. The van der Waals surface area contributed by atoms with Crippen LogP contribution in [-0.4, -0.2) is 37.1 Å². The lowest BCUT2D eigenvalue weighted by molar-refractivity contribution is -0.134. The van der Waals surface area contributed by atoms with E-state index in [9.17, 15) is 4.79 Å². The highest BCUT2D eigenvalue weighted by atomic mass is 16.5. The number of carbonyl (C=O) groups is 1. The smallest absolute Gasteiger partial charge is 0.223 e. The quantitative estimate of drug-likeness (QED) is 0.741. The minimum atomic E-state index is 0.297. The van der Waals surface area contributed by atoms with E-state index in [4.69, 9.17) is 4.74 Å². The molecule has 0 saturated carbocycles. The van der Waals surface area contributed by atoms with Crippen LogP contribution in [0.15, 0.2) is 24.3 Å². The molecule has 24 heavy (non-hydrogen) atoms. The number of amides is 1. The Balaban J connectivity index is 1.98. The van der Waals surface area contributed by atoms with E-state index >= 15 is 0 Å². The number of rotatable bonds is 7. The van der Waals surface area contributed by atoms with Crippen molar-refractivity contribution >= 4 is 5.91 Å². The summed E-state index contributed by atoms with van der Waals surface area (Å²) in [4.78, 5) is 14.9. The third-order valence-electron chi connectivity index (χ3n) is 5.13. The highest BCUT2D eigenvalue weighted by Gasteiger charge is 2.27. The first kappa shape index (κ1) is 19.0. The minimum Gasteiger partial charge on any atom is -0.381 e. The minimum absolute atomic E-state index is 0.297. The van der Waals surface area contributed by atoms with Crippen LogP contribution in [0.3, 0.4) is 0 Å². The summed E-state index contributed by atoms with van der Waals surface area (Å²) < 4.78 is 5.56. The molecule has 3 heteroatoms. The summed E-state index contributed by atoms with van der Waals surface area (Å²) in [6.45, 7) is 11.9. The van der Waals surface area contributed by atoms with Crippen LogP contribution in [-0.2, 0) is 9.53 Å². The van der Waals surface area contributed by atoms with Gasteiger partial charge in [-0.05, 0) is 50.0 Å². The van der Waals surface area contributed by atoms with Crippen LogP contribution in [0, 0.1) is 18.8 Å². The third kappa shape index (κ3) is 5.34. The van der Waals surface area contributed by atoms with E-state index in [0.717, 1.165) is 32.7 Å². The van der Waals surface area contributed by atoms with Gasteiger partial charge in [-0.2, -0.15) is 0 Å². The van der Waals surface area contributed by atoms with Crippen LogP contribution in [0.5, 0.6) is 0 Å². The number of hydrogen-bond acceptors (Lipinski definition) is 2. The van der Waals surface area contributed by atoms with Gasteiger partial charge in [0.2, 0.25) is 5.91 Å². The fourth-order valence-electron chi connectivity index (χ4n) is 3.58. The Bertz CT molecular complexity index is 509. The van der Waals surface area contributed by atoms with E-state index in [-0.39, 0.29) is 0 Å². The molecule has 2 atom stereocenters. The molecule has 2 rings (SSSR count). The zero-order chi connectivity index (χ0) is 17.5. The SMILES string of the molecule is CCOCC1CCCN(C(=O)CC(c2ccc(C)cc2)C(C)C)C1. The van der Waals surface area contributed by atoms with Gasteiger partial charge in [-0.25, -0.2) is 0 Å². The molecule has 0 bridgehead atoms. The second-order valence-corrected chi connectivity index (χ2v) is 7.47. The van der Waals surface area contributed by atoms with Crippen LogP contribution < -0.4 is 0 Å². The van der Waals surface area contributed by atoms with Gasteiger partial charge in [0, 0.05) is 26.1 Å². The van der Waals surface area contributed by atoms with Gasteiger partial charge in [0.15, 0.2) is 0 Å². The molecular formula is C21H33NO2. The number of benzene rings is 1. The van der Waals surface area contributed by atoms with Crippen LogP contribution in [0.1, 0.15) is 57.1 Å². The van der Waals surface area contributed by atoms with Crippen molar-refractivity contribution in [1.29, 1.82) is 0 Å². The fraction of sp³-hybridized carbons (Fsp3) is 0.667. The van der Waals surface area contributed by atoms with Crippen molar-refractivity contribution < 1.29 is 9.53 Å². The molecule has 1 saturated heterocycles. The third-order valence-corrected chi connectivity index (χ3v) is 5.13. The first-order valence-electron chi connectivity index (χ1n) is 9.43. The number of hydrogen-bond donors (Lipinski definition) is 0. The Morgan fingerprint density at radius 2 is 2.00 bits per heavy atom. The number of carbonyl (C=O) groups excluding carboxylic acids is 1. The van der Waals surface area contributed by atoms with E-state index < -0.39 is 0 Å². The molecule has 0 aliphatic carbocycles. The van der Waals surface area contributed by atoms with Crippen molar-refractivity contribution in [3.8, 4) is 0 Å². The van der Waals surface area contributed by atoms with E-state index in [2.05, 4.69) is 49.9 Å². The molecule has 1 aromatic rings. The first-order valence-corrected chi connectivity index (χ1v) is 9.43. The maximum absolute atomic E-state index is 12.9. The molecule has 0 N–H and O–H groups in total. The molecule has 1 aliphatic rings. The number of piperidine rings is 1. The van der Waals surface area contributed by atoms with Crippen LogP contribution in [0.4, 0.5) is 0 Å². The summed E-state index contributed by atoms with van der Waals surface area (Å²) in [5.41, 5.74) is 2.55. The standard InChI is InChI=1S/C21H33NO2/c1-5-24-15-18-7-6-12-22(14-18)21(23)13-20(16(2)3)19-10-8-17(4)9-11-19/h8-11,16,18,20H,5-7,12-15H2,1-4H3. The van der Waals surface area contributed by atoms with Gasteiger partial charge in [0.05, 0.1) is 6.61 Å². The lowest BCUT2D eigenvalue weighted by Gasteiger charge is -2.34. The number of likely N-dealkylation sites (tertiary alicyclic amines) is 1. The average molecular weight is 332 g/mol. The Kier molecular flexibility index (Phi) is 7.29. The van der Waals surface area contributed by atoms with Gasteiger partial charge in [-0.15, -0.1) is 0 Å².